The van der Waals surface area contributed by atoms with Gasteiger partial charge in [0, 0.05) is 5.56 Å². The quantitative estimate of drug-likeness (QED) is 0.468. The number of hydrogen-bond donors (Lipinski definition) is 0. The van der Waals surface area contributed by atoms with Crippen LogP contribution in [0.3, 0.4) is 0 Å². The number of rotatable bonds is 1. The summed E-state index contributed by atoms with van der Waals surface area (Å²) in [6.45, 7) is -0.685. The number of esters is 1. The van der Waals surface area contributed by atoms with Crippen molar-refractivity contribution in [3.8, 4) is 5.75 Å². The van der Waals surface area contributed by atoms with Crippen molar-refractivity contribution in [3.63, 3.8) is 0 Å². The van der Waals surface area contributed by atoms with Crippen LogP contribution < -0.4 is 4.74 Å². The molecule has 1 aromatic carbocycles. The van der Waals surface area contributed by atoms with Crippen LogP contribution in [0.25, 0.3) is 0 Å². The molecule has 1 aliphatic rings. The second kappa shape index (κ2) is 2.59. The van der Waals surface area contributed by atoms with Crippen molar-refractivity contribution < 1.29 is 13.9 Å². The summed E-state index contributed by atoms with van der Waals surface area (Å²) in [6, 6.07) is 6.91. The highest BCUT2D eigenvalue weighted by Crippen LogP contribution is 2.34. The van der Waals surface area contributed by atoms with E-state index in [0.717, 1.165) is 0 Å². The molecule has 1 heterocycles. The molecule has 0 aliphatic carbocycles. The van der Waals surface area contributed by atoms with Gasteiger partial charge in [0.25, 0.3) is 0 Å². The second-order valence-electron chi connectivity index (χ2n) is 2.67. The fourth-order valence-corrected chi connectivity index (χ4v) is 1.31. The topological polar surface area (TPSA) is 26.3 Å². The molecule has 0 saturated heterocycles. The van der Waals surface area contributed by atoms with Crippen LogP contribution in [-0.4, -0.2) is 12.6 Å². The third-order valence-corrected chi connectivity index (χ3v) is 1.94. The summed E-state index contributed by atoms with van der Waals surface area (Å²) in [5, 5.41) is 0. The largest absolute Gasteiger partial charge is 0.426 e. The molecule has 12 heavy (non-hydrogen) atoms. The molecule has 1 unspecified atom stereocenters. The lowest BCUT2D eigenvalue weighted by Crippen LogP contribution is -2.11. The van der Waals surface area contributed by atoms with Crippen molar-refractivity contribution in [2.24, 2.45) is 0 Å². The molecule has 0 N–H and O–H groups in total. The monoisotopic (exact) mass is 166 g/mol. The lowest BCUT2D eigenvalue weighted by molar-refractivity contribution is -0.134. The first-order chi connectivity index (χ1) is 5.83. The SMILES string of the molecule is O=C1Oc2ccccc2C1CF. The van der Waals surface area contributed by atoms with Gasteiger partial charge in [-0.2, -0.15) is 0 Å². The summed E-state index contributed by atoms with van der Waals surface area (Å²) in [5.41, 5.74) is 0.657. The first-order valence-corrected chi connectivity index (χ1v) is 3.69. The van der Waals surface area contributed by atoms with Crippen molar-refractivity contribution in [2.45, 2.75) is 5.92 Å². The number of para-hydroxylation sites is 1. The number of benzene rings is 1. The zero-order valence-corrected chi connectivity index (χ0v) is 6.29. The lowest BCUT2D eigenvalue weighted by Gasteiger charge is -1.97. The average molecular weight is 166 g/mol. The molecule has 1 aliphatic heterocycles. The van der Waals surface area contributed by atoms with E-state index in [1.807, 2.05) is 0 Å². The summed E-state index contributed by atoms with van der Waals surface area (Å²) in [7, 11) is 0. The van der Waals surface area contributed by atoms with E-state index in [1.54, 1.807) is 24.3 Å². The van der Waals surface area contributed by atoms with E-state index in [0.29, 0.717) is 11.3 Å². The zero-order chi connectivity index (χ0) is 8.55. The molecule has 62 valence electrons. The van der Waals surface area contributed by atoms with Gasteiger partial charge in [-0.15, -0.1) is 0 Å². The summed E-state index contributed by atoms with van der Waals surface area (Å²) >= 11 is 0. The molecular weight excluding hydrogens is 159 g/mol. The van der Waals surface area contributed by atoms with Gasteiger partial charge < -0.3 is 4.74 Å². The first kappa shape index (κ1) is 7.28. The summed E-state index contributed by atoms with van der Waals surface area (Å²) in [6.07, 6.45) is 0. The zero-order valence-electron chi connectivity index (χ0n) is 6.29. The summed E-state index contributed by atoms with van der Waals surface area (Å²) < 4.78 is 17.2. The van der Waals surface area contributed by atoms with Crippen molar-refractivity contribution in [3.05, 3.63) is 29.8 Å². The fourth-order valence-electron chi connectivity index (χ4n) is 1.31. The molecule has 0 amide bonds. The molecule has 0 aromatic heterocycles. The minimum atomic E-state index is -0.707. The van der Waals surface area contributed by atoms with E-state index in [4.69, 9.17) is 4.74 Å². The molecule has 2 rings (SSSR count). The Labute approximate surface area is 69.0 Å². The Hall–Kier alpha value is -1.38. The van der Waals surface area contributed by atoms with Crippen molar-refractivity contribution in [1.82, 2.24) is 0 Å². The van der Waals surface area contributed by atoms with Crippen LogP contribution in [0.15, 0.2) is 24.3 Å². The van der Waals surface area contributed by atoms with E-state index in [1.165, 1.54) is 0 Å². The van der Waals surface area contributed by atoms with Crippen LogP contribution in [0.5, 0.6) is 5.75 Å². The minimum Gasteiger partial charge on any atom is -0.426 e. The first-order valence-electron chi connectivity index (χ1n) is 3.69. The van der Waals surface area contributed by atoms with E-state index < -0.39 is 18.6 Å². The van der Waals surface area contributed by atoms with E-state index >= 15 is 0 Å². The van der Waals surface area contributed by atoms with E-state index in [-0.39, 0.29) is 0 Å². The summed E-state index contributed by atoms with van der Waals surface area (Å²) in [5.74, 6) is -0.704. The van der Waals surface area contributed by atoms with Crippen LogP contribution >= 0.6 is 0 Å². The number of carbonyl (C=O) groups is 1. The number of ether oxygens (including phenoxy) is 1. The van der Waals surface area contributed by atoms with Crippen molar-refractivity contribution >= 4 is 5.97 Å². The van der Waals surface area contributed by atoms with Crippen LogP contribution in [0.2, 0.25) is 0 Å². The predicted octanol–water partition coefficient (Wildman–Crippen LogP) is 1.66. The Morgan fingerprint density at radius 1 is 1.42 bits per heavy atom. The number of fused-ring (bicyclic) bond motifs is 1. The molecule has 0 radical (unpaired) electrons. The van der Waals surface area contributed by atoms with Gasteiger partial charge >= 0.3 is 5.97 Å². The highest BCUT2D eigenvalue weighted by atomic mass is 19.1. The molecule has 0 saturated carbocycles. The van der Waals surface area contributed by atoms with Gasteiger partial charge in [0.05, 0.1) is 0 Å². The molecule has 1 atom stereocenters. The van der Waals surface area contributed by atoms with Gasteiger partial charge in [0.2, 0.25) is 0 Å². The maximum atomic E-state index is 12.3. The molecular formula is C9H7FO2. The number of hydrogen-bond acceptors (Lipinski definition) is 2. The Kier molecular flexibility index (Phi) is 1.57. The van der Waals surface area contributed by atoms with E-state index in [2.05, 4.69) is 0 Å². The van der Waals surface area contributed by atoms with Gasteiger partial charge in [-0.3, -0.25) is 4.79 Å². The van der Waals surface area contributed by atoms with Crippen molar-refractivity contribution in [1.29, 1.82) is 0 Å². The molecule has 0 bridgehead atoms. The maximum absolute atomic E-state index is 12.3. The number of carbonyl (C=O) groups excluding carboxylic acids is 1. The van der Waals surface area contributed by atoms with Gasteiger partial charge in [-0.25, -0.2) is 4.39 Å². The molecule has 1 aromatic rings. The summed E-state index contributed by atoms with van der Waals surface area (Å²) in [4.78, 5) is 11.0. The van der Waals surface area contributed by atoms with Gasteiger partial charge in [-0.1, -0.05) is 18.2 Å². The van der Waals surface area contributed by atoms with Crippen LogP contribution in [0.4, 0.5) is 4.39 Å². The Morgan fingerprint density at radius 2 is 2.17 bits per heavy atom. The normalized spacial score (nSPS) is 20.4. The minimum absolute atomic E-state index is 0.487. The molecule has 2 nitrogen and oxygen atoms in total. The third-order valence-electron chi connectivity index (χ3n) is 1.94. The smallest absolute Gasteiger partial charge is 0.321 e. The fraction of sp³-hybridized carbons (Fsp3) is 0.222. The highest BCUT2D eigenvalue weighted by Gasteiger charge is 2.32. The van der Waals surface area contributed by atoms with Crippen LogP contribution in [-0.2, 0) is 4.79 Å². The number of alkyl halides is 1. The average Bonchev–Trinajstić information content (AvgIpc) is 2.40. The Bertz CT molecular complexity index is 322. The Balaban J connectivity index is 2.47. The van der Waals surface area contributed by atoms with Crippen LogP contribution in [0, 0.1) is 0 Å². The van der Waals surface area contributed by atoms with Gasteiger partial charge in [-0.05, 0) is 6.07 Å². The number of halogens is 1. The maximum Gasteiger partial charge on any atom is 0.321 e. The van der Waals surface area contributed by atoms with Gasteiger partial charge in [0.15, 0.2) is 0 Å². The lowest BCUT2D eigenvalue weighted by atomic mass is 10.0. The predicted molar refractivity (Wildman–Crippen MR) is 40.8 cm³/mol. The van der Waals surface area contributed by atoms with E-state index in [9.17, 15) is 9.18 Å². The Morgan fingerprint density at radius 3 is 2.92 bits per heavy atom. The molecule has 0 fully saturated rings. The molecule has 0 spiro atoms. The third kappa shape index (κ3) is 0.897. The molecule has 3 heteroatoms. The van der Waals surface area contributed by atoms with Crippen LogP contribution in [0.1, 0.15) is 11.5 Å². The van der Waals surface area contributed by atoms with Crippen molar-refractivity contribution in [2.75, 3.05) is 6.67 Å². The second-order valence-corrected chi connectivity index (χ2v) is 2.67. The standard InChI is InChI=1S/C9H7FO2/c10-5-7-6-3-1-2-4-8(6)12-9(7)11/h1-4,7H,5H2. The highest BCUT2D eigenvalue weighted by molar-refractivity contribution is 5.86. The van der Waals surface area contributed by atoms with Gasteiger partial charge in [0.1, 0.15) is 18.3 Å².